The maximum Gasteiger partial charge on any atom is 0.221 e. The van der Waals surface area contributed by atoms with Crippen LogP contribution in [-0.2, 0) is 0 Å². The van der Waals surface area contributed by atoms with Gasteiger partial charge in [-0.2, -0.15) is 0 Å². The number of ketones is 1. The van der Waals surface area contributed by atoms with Crippen molar-refractivity contribution in [3.8, 4) is 0 Å². The van der Waals surface area contributed by atoms with E-state index in [0.29, 0.717) is 11.5 Å². The molecule has 4 nitrogen and oxygen atoms in total. The maximum absolute atomic E-state index is 11.8. The van der Waals surface area contributed by atoms with E-state index in [-0.39, 0.29) is 5.78 Å². The van der Waals surface area contributed by atoms with Crippen LogP contribution in [0.1, 0.15) is 16.3 Å². The van der Waals surface area contributed by atoms with Gasteiger partial charge in [-0.3, -0.25) is 4.79 Å². The quantitative estimate of drug-likeness (QED) is 0.438. The van der Waals surface area contributed by atoms with Gasteiger partial charge in [0.1, 0.15) is 5.76 Å². The van der Waals surface area contributed by atoms with Crippen LogP contribution in [0.25, 0.3) is 6.08 Å². The first-order valence-corrected chi connectivity index (χ1v) is 6.66. The Hall–Kier alpha value is -2.49. The fraction of sp³-hybridized carbons (Fsp3) is 0.235. The lowest BCUT2D eigenvalue weighted by atomic mass is 10.3. The molecule has 1 heterocycles. The lowest BCUT2D eigenvalue weighted by Gasteiger charge is -2.00. The number of hydrogen-bond donors (Lipinski definition) is 0. The van der Waals surface area contributed by atoms with Gasteiger partial charge in [-0.25, -0.2) is 0 Å². The summed E-state index contributed by atoms with van der Waals surface area (Å²) < 4.78 is 5.46. The Labute approximate surface area is 126 Å². The van der Waals surface area contributed by atoms with Gasteiger partial charge in [0.2, 0.25) is 5.78 Å². The van der Waals surface area contributed by atoms with E-state index in [0.717, 1.165) is 0 Å². The molecule has 0 unspecified atom stereocenters. The molecule has 0 bridgehead atoms. The topological polar surface area (TPSA) is 36.7 Å². The number of rotatable bonds is 7. The molecular weight excluding hydrogens is 264 g/mol. The number of allylic oxidation sites excluding steroid dienone is 5. The molecule has 1 aromatic rings. The predicted molar refractivity (Wildman–Crippen MR) is 86.9 cm³/mol. The first-order chi connectivity index (χ1) is 9.99. The third-order valence-corrected chi connectivity index (χ3v) is 2.37. The van der Waals surface area contributed by atoms with Crippen LogP contribution in [0.3, 0.4) is 0 Å². The van der Waals surface area contributed by atoms with E-state index in [4.69, 9.17) is 4.42 Å². The number of furan rings is 1. The zero-order valence-corrected chi connectivity index (χ0v) is 13.0. The standard InChI is InChI=1S/C17H22N2O2/c1-18(2)13-7-5-9-15-11-12-17(21-15)16(20)10-6-8-14-19(3)4/h5-14H,1-4H3. The Bertz CT molecular complexity index is 561. The molecule has 0 amide bonds. The zero-order chi connectivity index (χ0) is 15.7. The Kier molecular flexibility index (Phi) is 6.81. The summed E-state index contributed by atoms with van der Waals surface area (Å²) in [5.41, 5.74) is 0. The molecule has 0 spiro atoms. The van der Waals surface area contributed by atoms with Crippen molar-refractivity contribution >= 4 is 11.9 Å². The summed E-state index contributed by atoms with van der Waals surface area (Å²) in [4.78, 5) is 15.7. The average Bonchev–Trinajstić information content (AvgIpc) is 2.88. The molecule has 0 saturated heterocycles. The van der Waals surface area contributed by atoms with Crippen LogP contribution in [0.15, 0.2) is 59.3 Å². The molecule has 0 aliphatic heterocycles. The lowest BCUT2D eigenvalue weighted by Crippen LogP contribution is -1.99. The second kappa shape index (κ2) is 8.64. The third kappa shape index (κ3) is 7.01. The van der Waals surface area contributed by atoms with Gasteiger partial charge in [-0.15, -0.1) is 0 Å². The first kappa shape index (κ1) is 16.6. The Morgan fingerprint density at radius 2 is 1.57 bits per heavy atom. The van der Waals surface area contributed by atoms with Gasteiger partial charge in [0.15, 0.2) is 5.76 Å². The van der Waals surface area contributed by atoms with Crippen LogP contribution in [0, 0.1) is 0 Å². The molecule has 0 atom stereocenters. The average molecular weight is 286 g/mol. The summed E-state index contributed by atoms with van der Waals surface area (Å²) in [6, 6.07) is 3.45. The van der Waals surface area contributed by atoms with Gasteiger partial charge in [-0.05, 0) is 48.8 Å². The summed E-state index contributed by atoms with van der Waals surface area (Å²) in [5.74, 6) is 0.835. The SMILES string of the molecule is CN(C)C=CC=CC(=O)c1ccc(C=CC=CN(C)C)o1. The Morgan fingerprint density at radius 1 is 0.952 bits per heavy atom. The molecule has 0 saturated carbocycles. The summed E-state index contributed by atoms with van der Waals surface area (Å²) in [5, 5.41) is 0. The van der Waals surface area contributed by atoms with Crippen LogP contribution >= 0.6 is 0 Å². The van der Waals surface area contributed by atoms with Crippen molar-refractivity contribution in [2.24, 2.45) is 0 Å². The van der Waals surface area contributed by atoms with Crippen molar-refractivity contribution in [2.45, 2.75) is 0 Å². The number of carbonyl (C=O) groups excluding carboxylic acids is 1. The molecule has 0 fully saturated rings. The maximum atomic E-state index is 11.8. The molecule has 21 heavy (non-hydrogen) atoms. The molecule has 0 aromatic carbocycles. The van der Waals surface area contributed by atoms with E-state index in [1.54, 1.807) is 24.3 Å². The summed E-state index contributed by atoms with van der Waals surface area (Å²) in [6.07, 6.45) is 14.3. The van der Waals surface area contributed by atoms with Crippen molar-refractivity contribution in [2.75, 3.05) is 28.2 Å². The molecule has 4 heteroatoms. The van der Waals surface area contributed by atoms with E-state index >= 15 is 0 Å². The van der Waals surface area contributed by atoms with E-state index < -0.39 is 0 Å². The molecule has 0 aliphatic rings. The molecule has 0 aliphatic carbocycles. The van der Waals surface area contributed by atoms with Gasteiger partial charge >= 0.3 is 0 Å². The summed E-state index contributed by atoms with van der Waals surface area (Å²) in [7, 11) is 7.74. The highest BCUT2D eigenvalue weighted by Crippen LogP contribution is 2.11. The fourth-order valence-electron chi connectivity index (χ4n) is 1.39. The van der Waals surface area contributed by atoms with E-state index in [1.165, 1.54) is 6.08 Å². The zero-order valence-electron chi connectivity index (χ0n) is 13.0. The van der Waals surface area contributed by atoms with Crippen molar-refractivity contribution in [1.29, 1.82) is 0 Å². The highest BCUT2D eigenvalue weighted by atomic mass is 16.3. The van der Waals surface area contributed by atoms with E-state index in [2.05, 4.69) is 0 Å². The van der Waals surface area contributed by atoms with Gasteiger partial charge in [-0.1, -0.05) is 12.2 Å². The van der Waals surface area contributed by atoms with Gasteiger partial charge < -0.3 is 14.2 Å². The summed E-state index contributed by atoms with van der Waals surface area (Å²) >= 11 is 0. The molecule has 0 radical (unpaired) electrons. The van der Waals surface area contributed by atoms with E-state index in [9.17, 15) is 4.79 Å². The number of nitrogens with zero attached hydrogens (tertiary/aromatic N) is 2. The van der Waals surface area contributed by atoms with Crippen molar-refractivity contribution in [1.82, 2.24) is 9.80 Å². The smallest absolute Gasteiger partial charge is 0.221 e. The van der Waals surface area contributed by atoms with Crippen LogP contribution in [0.2, 0.25) is 0 Å². The van der Waals surface area contributed by atoms with Crippen molar-refractivity contribution in [3.05, 3.63) is 66.4 Å². The van der Waals surface area contributed by atoms with Gasteiger partial charge in [0.05, 0.1) is 0 Å². The first-order valence-electron chi connectivity index (χ1n) is 6.66. The van der Waals surface area contributed by atoms with Crippen LogP contribution in [0.4, 0.5) is 0 Å². The lowest BCUT2D eigenvalue weighted by molar-refractivity contribution is 0.102. The normalized spacial score (nSPS) is 12.2. The minimum absolute atomic E-state index is 0.151. The Morgan fingerprint density at radius 3 is 2.19 bits per heavy atom. The largest absolute Gasteiger partial charge is 0.453 e. The summed E-state index contributed by atoms with van der Waals surface area (Å²) in [6.45, 7) is 0. The minimum atomic E-state index is -0.151. The molecule has 0 N–H and O–H groups in total. The third-order valence-electron chi connectivity index (χ3n) is 2.37. The molecule has 1 rings (SSSR count). The fourth-order valence-corrected chi connectivity index (χ4v) is 1.39. The second-order valence-corrected chi connectivity index (χ2v) is 4.89. The highest BCUT2D eigenvalue weighted by molar-refractivity contribution is 6.02. The second-order valence-electron chi connectivity index (χ2n) is 4.89. The van der Waals surface area contributed by atoms with Gasteiger partial charge in [0.25, 0.3) is 0 Å². The van der Waals surface area contributed by atoms with Crippen LogP contribution in [-0.4, -0.2) is 43.8 Å². The monoisotopic (exact) mass is 286 g/mol. The molecule has 1 aromatic heterocycles. The van der Waals surface area contributed by atoms with Crippen LogP contribution in [0.5, 0.6) is 0 Å². The van der Waals surface area contributed by atoms with E-state index in [1.807, 2.05) is 68.6 Å². The predicted octanol–water partition coefficient (Wildman–Crippen LogP) is 3.18. The highest BCUT2D eigenvalue weighted by Gasteiger charge is 2.05. The van der Waals surface area contributed by atoms with Crippen molar-refractivity contribution < 1.29 is 9.21 Å². The minimum Gasteiger partial charge on any atom is -0.453 e. The van der Waals surface area contributed by atoms with Crippen LogP contribution < -0.4 is 0 Å². The number of hydrogen-bond acceptors (Lipinski definition) is 4. The Balaban J connectivity index is 2.60. The van der Waals surface area contributed by atoms with Crippen molar-refractivity contribution in [3.63, 3.8) is 0 Å². The molecular formula is C17H22N2O2. The van der Waals surface area contributed by atoms with Gasteiger partial charge in [0, 0.05) is 28.2 Å². The number of carbonyl (C=O) groups is 1. The molecule has 112 valence electrons.